The van der Waals surface area contributed by atoms with E-state index in [4.69, 9.17) is 0 Å². The fourth-order valence-electron chi connectivity index (χ4n) is 3.52. The van der Waals surface area contributed by atoms with Gasteiger partial charge < -0.3 is 5.32 Å². The van der Waals surface area contributed by atoms with Gasteiger partial charge in [-0.25, -0.2) is 13.1 Å². The van der Waals surface area contributed by atoms with Crippen LogP contribution in [0.1, 0.15) is 16.4 Å². The molecule has 0 fully saturated rings. The Balaban J connectivity index is 1.41. The molecular weight excluding hydrogens is 476 g/mol. The first-order chi connectivity index (χ1) is 17.0. The molecule has 0 saturated heterocycles. The summed E-state index contributed by atoms with van der Waals surface area (Å²) in [6.07, 6.45) is 0.605. The summed E-state index contributed by atoms with van der Waals surface area (Å²) < 4.78 is 27.9. The Hall–Kier alpha value is -3.39. The molecule has 35 heavy (non-hydrogen) atoms. The molecule has 0 spiro atoms. The summed E-state index contributed by atoms with van der Waals surface area (Å²) >= 11 is 1.47. The third-order valence-corrected chi connectivity index (χ3v) is 8.06. The molecule has 5 nitrogen and oxygen atoms in total. The molecule has 4 aromatic carbocycles. The van der Waals surface area contributed by atoms with Crippen molar-refractivity contribution in [3.05, 3.63) is 126 Å². The van der Waals surface area contributed by atoms with E-state index in [9.17, 15) is 13.2 Å². The number of rotatable bonds is 10. The SMILES string of the molecule is O=C(Nc1ccc(S(=O)(=O)NCCc2ccccc2)cc1)C(Sc1ccccc1)c1ccccc1. The topological polar surface area (TPSA) is 75.3 Å². The molecule has 0 aromatic heterocycles. The molecule has 2 N–H and O–H groups in total. The summed E-state index contributed by atoms with van der Waals surface area (Å²) in [6, 6.07) is 35.3. The smallest absolute Gasteiger partial charge is 0.242 e. The molecular formula is C28H26N2O3S2. The highest BCUT2D eigenvalue weighted by atomic mass is 32.2. The summed E-state index contributed by atoms with van der Waals surface area (Å²) in [6.45, 7) is 0.306. The predicted molar refractivity (Wildman–Crippen MR) is 142 cm³/mol. The Labute approximate surface area is 210 Å². The van der Waals surface area contributed by atoms with Gasteiger partial charge in [-0.05, 0) is 53.9 Å². The van der Waals surface area contributed by atoms with Crippen LogP contribution in [-0.4, -0.2) is 20.9 Å². The lowest BCUT2D eigenvalue weighted by atomic mass is 10.1. The number of amides is 1. The number of sulfonamides is 1. The van der Waals surface area contributed by atoms with Crippen LogP contribution in [0.15, 0.2) is 125 Å². The average molecular weight is 503 g/mol. The van der Waals surface area contributed by atoms with Crippen LogP contribution < -0.4 is 10.0 Å². The maximum Gasteiger partial charge on any atom is 0.242 e. The van der Waals surface area contributed by atoms with Crippen LogP contribution in [0.5, 0.6) is 0 Å². The van der Waals surface area contributed by atoms with Crippen molar-refractivity contribution in [2.75, 3.05) is 11.9 Å². The van der Waals surface area contributed by atoms with E-state index in [1.807, 2.05) is 91.0 Å². The van der Waals surface area contributed by atoms with Crippen LogP contribution in [0, 0.1) is 0 Å². The minimum atomic E-state index is -3.64. The highest BCUT2D eigenvalue weighted by Crippen LogP contribution is 2.36. The predicted octanol–water partition coefficient (Wildman–Crippen LogP) is 5.68. The zero-order valence-electron chi connectivity index (χ0n) is 19.0. The first-order valence-electron chi connectivity index (χ1n) is 11.2. The lowest BCUT2D eigenvalue weighted by Gasteiger charge is -2.17. The average Bonchev–Trinajstić information content (AvgIpc) is 2.89. The van der Waals surface area contributed by atoms with E-state index < -0.39 is 15.3 Å². The summed E-state index contributed by atoms with van der Waals surface area (Å²) in [5.74, 6) is -0.179. The second kappa shape index (κ2) is 11.8. The van der Waals surface area contributed by atoms with Gasteiger partial charge in [-0.1, -0.05) is 78.9 Å². The van der Waals surface area contributed by atoms with Crippen LogP contribution in [0.4, 0.5) is 5.69 Å². The van der Waals surface area contributed by atoms with Crippen molar-refractivity contribution in [1.29, 1.82) is 0 Å². The van der Waals surface area contributed by atoms with Gasteiger partial charge in [0.1, 0.15) is 5.25 Å². The standard InChI is InChI=1S/C28H26N2O3S2/c31-28(27(23-12-6-2-7-13-23)34-25-14-8-3-9-15-25)30-24-16-18-26(19-17-24)35(32,33)29-21-20-22-10-4-1-5-11-22/h1-19,27,29H,20-21H2,(H,30,31). The fraction of sp³-hybridized carbons (Fsp3) is 0.107. The highest BCUT2D eigenvalue weighted by Gasteiger charge is 2.22. The molecule has 0 radical (unpaired) electrons. The lowest BCUT2D eigenvalue weighted by molar-refractivity contribution is -0.115. The van der Waals surface area contributed by atoms with Crippen LogP contribution in [0.2, 0.25) is 0 Å². The molecule has 1 unspecified atom stereocenters. The maximum atomic E-state index is 13.2. The molecule has 7 heteroatoms. The molecule has 1 amide bonds. The van der Waals surface area contributed by atoms with E-state index in [0.29, 0.717) is 18.7 Å². The second-order valence-corrected chi connectivity index (χ2v) is 10.8. The Morgan fingerprint density at radius 3 is 1.94 bits per heavy atom. The normalized spacial score (nSPS) is 12.1. The number of hydrogen-bond donors (Lipinski definition) is 2. The van der Waals surface area contributed by atoms with E-state index in [2.05, 4.69) is 10.0 Å². The number of nitrogens with one attached hydrogen (secondary N) is 2. The molecule has 0 heterocycles. The maximum absolute atomic E-state index is 13.2. The summed E-state index contributed by atoms with van der Waals surface area (Å²) in [5, 5.41) is 2.47. The van der Waals surface area contributed by atoms with Gasteiger partial charge in [0.25, 0.3) is 0 Å². The Morgan fingerprint density at radius 2 is 1.31 bits per heavy atom. The van der Waals surface area contributed by atoms with Crippen molar-refractivity contribution >= 4 is 33.4 Å². The van der Waals surface area contributed by atoms with Gasteiger partial charge in [-0.2, -0.15) is 0 Å². The first-order valence-corrected chi connectivity index (χ1v) is 13.6. The van der Waals surface area contributed by atoms with Crippen molar-refractivity contribution < 1.29 is 13.2 Å². The van der Waals surface area contributed by atoms with E-state index in [-0.39, 0.29) is 10.8 Å². The van der Waals surface area contributed by atoms with Gasteiger partial charge in [0.15, 0.2) is 0 Å². The van der Waals surface area contributed by atoms with Gasteiger partial charge in [-0.3, -0.25) is 4.79 Å². The molecule has 0 aliphatic rings. The van der Waals surface area contributed by atoms with E-state index in [1.54, 1.807) is 12.1 Å². The number of hydrogen-bond acceptors (Lipinski definition) is 4. The van der Waals surface area contributed by atoms with Gasteiger partial charge in [-0.15, -0.1) is 11.8 Å². The quantitative estimate of drug-likeness (QED) is 0.274. The summed E-state index contributed by atoms with van der Waals surface area (Å²) in [7, 11) is -3.64. The third-order valence-electron chi connectivity index (χ3n) is 5.32. The number of thioether (sulfide) groups is 1. The van der Waals surface area contributed by atoms with Gasteiger partial charge in [0, 0.05) is 17.1 Å². The van der Waals surface area contributed by atoms with Crippen LogP contribution in [0.25, 0.3) is 0 Å². The van der Waals surface area contributed by atoms with Gasteiger partial charge >= 0.3 is 0 Å². The van der Waals surface area contributed by atoms with Crippen molar-refractivity contribution in [3.63, 3.8) is 0 Å². The van der Waals surface area contributed by atoms with Gasteiger partial charge in [0.2, 0.25) is 15.9 Å². The van der Waals surface area contributed by atoms with Crippen molar-refractivity contribution in [3.8, 4) is 0 Å². The second-order valence-electron chi connectivity index (χ2n) is 7.87. The van der Waals surface area contributed by atoms with Crippen LogP contribution in [0.3, 0.4) is 0 Å². The van der Waals surface area contributed by atoms with E-state index in [0.717, 1.165) is 16.0 Å². The van der Waals surface area contributed by atoms with Crippen molar-refractivity contribution in [2.24, 2.45) is 0 Å². The van der Waals surface area contributed by atoms with Gasteiger partial charge in [0.05, 0.1) is 4.90 Å². The van der Waals surface area contributed by atoms with Crippen molar-refractivity contribution in [2.45, 2.75) is 21.5 Å². The highest BCUT2D eigenvalue weighted by molar-refractivity contribution is 8.00. The Morgan fingerprint density at radius 1 is 0.743 bits per heavy atom. The Kier molecular flexibility index (Phi) is 8.36. The van der Waals surface area contributed by atoms with Crippen LogP contribution >= 0.6 is 11.8 Å². The molecule has 0 aliphatic carbocycles. The number of anilines is 1. The molecule has 1 atom stereocenters. The van der Waals surface area contributed by atoms with E-state index in [1.165, 1.54) is 23.9 Å². The largest absolute Gasteiger partial charge is 0.325 e. The zero-order chi connectivity index (χ0) is 24.5. The van der Waals surface area contributed by atoms with E-state index >= 15 is 0 Å². The number of carbonyl (C=O) groups excluding carboxylic acids is 1. The number of carbonyl (C=O) groups is 1. The third kappa shape index (κ3) is 7.05. The first kappa shape index (κ1) is 24.7. The minimum Gasteiger partial charge on any atom is -0.325 e. The van der Waals surface area contributed by atoms with Crippen LogP contribution in [-0.2, 0) is 21.2 Å². The van der Waals surface area contributed by atoms with Crippen molar-refractivity contribution in [1.82, 2.24) is 4.72 Å². The molecule has 4 aromatic rings. The Bertz CT molecular complexity index is 1330. The monoisotopic (exact) mass is 502 g/mol. The minimum absolute atomic E-state index is 0.154. The molecule has 0 aliphatic heterocycles. The lowest BCUT2D eigenvalue weighted by Crippen LogP contribution is -2.26. The summed E-state index contributed by atoms with van der Waals surface area (Å²) in [4.78, 5) is 14.4. The fourth-order valence-corrected chi connectivity index (χ4v) is 5.60. The molecule has 178 valence electrons. The molecule has 0 saturated carbocycles. The molecule has 4 rings (SSSR count). The summed E-state index contributed by atoms with van der Waals surface area (Å²) in [5.41, 5.74) is 2.49. The molecule has 0 bridgehead atoms. The number of benzene rings is 4. The zero-order valence-corrected chi connectivity index (χ0v) is 20.6.